The van der Waals surface area contributed by atoms with Gasteiger partial charge in [0.25, 0.3) is 0 Å². The maximum Gasteiger partial charge on any atom is 0.330 e. The van der Waals surface area contributed by atoms with Gasteiger partial charge in [-0.2, -0.15) is 0 Å². The van der Waals surface area contributed by atoms with Crippen LogP contribution in [0, 0.1) is 0 Å². The summed E-state index contributed by atoms with van der Waals surface area (Å²) in [5.74, 6) is -1.87. The Morgan fingerprint density at radius 2 is 0.875 bits per heavy atom. The minimum Gasteiger partial charge on any atom is -0.478 e. The van der Waals surface area contributed by atoms with Gasteiger partial charge in [0.05, 0.1) is 0 Å². The SMILES string of the molecule is C=C(C)C(=O)O.C=C(C)C(=O)O.c1ccc(-c2ccccc2)cc1. The molecular formula is C20H22O4. The monoisotopic (exact) mass is 326 g/mol. The summed E-state index contributed by atoms with van der Waals surface area (Å²) in [6.07, 6.45) is 0. The molecule has 0 saturated heterocycles. The van der Waals surface area contributed by atoms with Crippen molar-refractivity contribution in [1.82, 2.24) is 0 Å². The van der Waals surface area contributed by atoms with E-state index in [-0.39, 0.29) is 11.1 Å². The molecule has 2 rings (SSSR count). The minimum absolute atomic E-state index is 0.176. The Bertz CT molecular complexity index is 588. The lowest BCUT2D eigenvalue weighted by Gasteiger charge is -1.98. The summed E-state index contributed by atoms with van der Waals surface area (Å²) in [4.78, 5) is 19.2. The number of hydrogen-bond donors (Lipinski definition) is 2. The van der Waals surface area contributed by atoms with E-state index < -0.39 is 11.9 Å². The lowest BCUT2D eigenvalue weighted by Crippen LogP contribution is -1.92. The Morgan fingerprint density at radius 3 is 1.04 bits per heavy atom. The molecule has 0 atom stereocenters. The van der Waals surface area contributed by atoms with E-state index in [1.165, 1.54) is 25.0 Å². The number of carboxylic acids is 2. The summed E-state index contributed by atoms with van der Waals surface area (Å²) in [7, 11) is 0. The highest BCUT2D eigenvalue weighted by atomic mass is 16.4. The summed E-state index contributed by atoms with van der Waals surface area (Å²) in [5.41, 5.74) is 2.90. The molecule has 0 aliphatic heterocycles. The van der Waals surface area contributed by atoms with Gasteiger partial charge in [0.2, 0.25) is 0 Å². The number of carboxylic acid groups (broad SMARTS) is 2. The number of carbonyl (C=O) groups is 2. The van der Waals surface area contributed by atoms with Gasteiger partial charge in [-0.3, -0.25) is 0 Å². The highest BCUT2D eigenvalue weighted by Gasteiger charge is 1.92. The molecule has 126 valence electrons. The molecule has 0 aromatic heterocycles. The summed E-state index contributed by atoms with van der Waals surface area (Å²) in [6.45, 7) is 9.20. The summed E-state index contributed by atoms with van der Waals surface area (Å²) in [5, 5.41) is 15.8. The third-order valence-corrected chi connectivity index (χ3v) is 2.61. The minimum atomic E-state index is -0.935. The molecule has 0 aliphatic rings. The van der Waals surface area contributed by atoms with Gasteiger partial charge in [-0.25, -0.2) is 9.59 Å². The van der Waals surface area contributed by atoms with Gasteiger partial charge in [-0.15, -0.1) is 0 Å². The van der Waals surface area contributed by atoms with E-state index in [2.05, 4.69) is 61.7 Å². The van der Waals surface area contributed by atoms with Gasteiger partial charge in [-0.1, -0.05) is 73.8 Å². The first-order valence-corrected chi connectivity index (χ1v) is 7.13. The second kappa shape index (κ2) is 11.4. The Balaban J connectivity index is 0.000000377. The average molecular weight is 326 g/mol. The molecule has 0 spiro atoms. The number of rotatable bonds is 3. The van der Waals surface area contributed by atoms with Crippen molar-refractivity contribution < 1.29 is 19.8 Å². The fourth-order valence-electron chi connectivity index (χ4n) is 1.26. The van der Waals surface area contributed by atoms with E-state index in [9.17, 15) is 9.59 Å². The molecule has 0 radical (unpaired) electrons. The van der Waals surface area contributed by atoms with Crippen LogP contribution < -0.4 is 0 Å². The number of aliphatic carboxylic acids is 2. The summed E-state index contributed by atoms with van der Waals surface area (Å²) in [6, 6.07) is 20.8. The zero-order valence-corrected chi connectivity index (χ0v) is 13.9. The molecule has 2 N–H and O–H groups in total. The van der Waals surface area contributed by atoms with E-state index in [4.69, 9.17) is 10.2 Å². The van der Waals surface area contributed by atoms with Gasteiger partial charge in [0.15, 0.2) is 0 Å². The lowest BCUT2D eigenvalue weighted by molar-refractivity contribution is -0.133. The third-order valence-electron chi connectivity index (χ3n) is 2.61. The second-order valence-electron chi connectivity index (χ2n) is 4.90. The molecular weight excluding hydrogens is 304 g/mol. The van der Waals surface area contributed by atoms with Crippen LogP contribution in [0.1, 0.15) is 13.8 Å². The maximum atomic E-state index is 9.60. The molecule has 0 fully saturated rings. The fraction of sp³-hybridized carbons (Fsp3) is 0.100. The normalized spacial score (nSPS) is 8.58. The zero-order chi connectivity index (χ0) is 18.5. The first kappa shape index (κ1) is 20.9. The van der Waals surface area contributed by atoms with Crippen LogP contribution in [-0.4, -0.2) is 22.2 Å². The predicted octanol–water partition coefficient (Wildman–Crippen LogP) is 4.65. The molecule has 0 heterocycles. The van der Waals surface area contributed by atoms with E-state index in [1.807, 2.05) is 12.1 Å². The van der Waals surface area contributed by atoms with Crippen LogP contribution in [0.25, 0.3) is 11.1 Å². The molecule has 0 saturated carbocycles. The Kier molecular flexibility index (Phi) is 9.93. The number of hydrogen-bond acceptors (Lipinski definition) is 2. The van der Waals surface area contributed by atoms with E-state index in [1.54, 1.807) is 0 Å². The third kappa shape index (κ3) is 9.73. The van der Waals surface area contributed by atoms with Gasteiger partial charge < -0.3 is 10.2 Å². The molecule has 0 aliphatic carbocycles. The summed E-state index contributed by atoms with van der Waals surface area (Å²) >= 11 is 0. The smallest absolute Gasteiger partial charge is 0.330 e. The topological polar surface area (TPSA) is 74.6 Å². The first-order valence-electron chi connectivity index (χ1n) is 7.13. The van der Waals surface area contributed by atoms with Crippen molar-refractivity contribution in [3.63, 3.8) is 0 Å². The molecule has 2 aromatic carbocycles. The van der Waals surface area contributed by atoms with Crippen molar-refractivity contribution in [3.8, 4) is 11.1 Å². The van der Waals surface area contributed by atoms with Crippen molar-refractivity contribution >= 4 is 11.9 Å². The zero-order valence-electron chi connectivity index (χ0n) is 13.9. The van der Waals surface area contributed by atoms with Crippen molar-refractivity contribution in [3.05, 3.63) is 85.0 Å². The Labute approximate surface area is 142 Å². The van der Waals surface area contributed by atoms with E-state index >= 15 is 0 Å². The van der Waals surface area contributed by atoms with Crippen LogP contribution in [0.4, 0.5) is 0 Å². The molecule has 24 heavy (non-hydrogen) atoms. The van der Waals surface area contributed by atoms with Crippen molar-refractivity contribution in [1.29, 1.82) is 0 Å². The molecule has 4 heteroatoms. The fourth-order valence-corrected chi connectivity index (χ4v) is 1.26. The standard InChI is InChI=1S/C12H10.2C4H6O2/c1-3-7-11(8-4-1)12-9-5-2-6-10-12;2*1-3(2)4(5)6/h1-10H;2*1H2,2H3,(H,5,6). The molecule has 0 amide bonds. The van der Waals surface area contributed by atoms with Gasteiger partial charge >= 0.3 is 11.9 Å². The van der Waals surface area contributed by atoms with Gasteiger partial charge in [-0.05, 0) is 25.0 Å². The van der Waals surface area contributed by atoms with Gasteiger partial charge in [0, 0.05) is 11.1 Å². The predicted molar refractivity (Wildman–Crippen MR) is 96.8 cm³/mol. The Hall–Kier alpha value is -3.14. The van der Waals surface area contributed by atoms with Crippen LogP contribution in [0.5, 0.6) is 0 Å². The van der Waals surface area contributed by atoms with Crippen molar-refractivity contribution in [2.75, 3.05) is 0 Å². The molecule has 4 nitrogen and oxygen atoms in total. The van der Waals surface area contributed by atoms with Crippen LogP contribution in [-0.2, 0) is 9.59 Å². The highest BCUT2D eigenvalue weighted by Crippen LogP contribution is 2.17. The quantitative estimate of drug-likeness (QED) is 0.805. The Morgan fingerprint density at radius 1 is 0.667 bits per heavy atom. The van der Waals surface area contributed by atoms with Gasteiger partial charge in [0.1, 0.15) is 0 Å². The average Bonchev–Trinajstić information content (AvgIpc) is 2.57. The molecule has 0 bridgehead atoms. The van der Waals surface area contributed by atoms with Crippen LogP contribution in [0.3, 0.4) is 0 Å². The van der Waals surface area contributed by atoms with E-state index in [0.29, 0.717) is 0 Å². The van der Waals surface area contributed by atoms with E-state index in [0.717, 1.165) is 0 Å². The second-order valence-corrected chi connectivity index (χ2v) is 4.90. The van der Waals surface area contributed by atoms with Crippen molar-refractivity contribution in [2.24, 2.45) is 0 Å². The van der Waals surface area contributed by atoms with Crippen molar-refractivity contribution in [2.45, 2.75) is 13.8 Å². The molecule has 2 aromatic rings. The first-order chi connectivity index (χ1) is 11.3. The number of benzene rings is 2. The van der Waals surface area contributed by atoms with Crippen LogP contribution in [0.15, 0.2) is 85.0 Å². The van der Waals surface area contributed by atoms with Crippen LogP contribution >= 0.6 is 0 Å². The largest absolute Gasteiger partial charge is 0.478 e. The lowest BCUT2D eigenvalue weighted by atomic mass is 10.1. The highest BCUT2D eigenvalue weighted by molar-refractivity contribution is 5.85. The summed E-state index contributed by atoms with van der Waals surface area (Å²) < 4.78 is 0. The molecule has 0 unspecified atom stereocenters. The van der Waals surface area contributed by atoms with Crippen LogP contribution in [0.2, 0.25) is 0 Å². The maximum absolute atomic E-state index is 9.60.